The molecule has 1 aromatic carbocycles. The summed E-state index contributed by atoms with van der Waals surface area (Å²) in [5.74, 6) is 0.684. The molecule has 1 amide bonds. The minimum Gasteiger partial charge on any atom is -0.349 e. The smallest absolute Gasteiger partial charge is 0.224 e. The lowest BCUT2D eigenvalue weighted by Gasteiger charge is -2.25. The van der Waals surface area contributed by atoms with Crippen LogP contribution in [-0.2, 0) is 11.2 Å². The molecule has 2 aliphatic rings. The second-order valence-electron chi connectivity index (χ2n) is 6.24. The molecule has 2 aliphatic carbocycles. The summed E-state index contributed by atoms with van der Waals surface area (Å²) in [6.45, 7) is 0. The molecule has 4 rings (SSSR count). The summed E-state index contributed by atoms with van der Waals surface area (Å²) in [5, 5.41) is 3.22. The number of rotatable bonds is 3. The Morgan fingerprint density at radius 1 is 1.23 bits per heavy atom. The van der Waals surface area contributed by atoms with Crippen LogP contribution in [0.4, 0.5) is 0 Å². The van der Waals surface area contributed by atoms with Crippen LogP contribution >= 0.6 is 0 Å². The fourth-order valence-corrected chi connectivity index (χ4v) is 3.48. The van der Waals surface area contributed by atoms with Gasteiger partial charge in [-0.25, -0.2) is 9.97 Å². The van der Waals surface area contributed by atoms with Crippen LogP contribution in [0, 0.1) is 5.92 Å². The van der Waals surface area contributed by atoms with E-state index < -0.39 is 0 Å². The van der Waals surface area contributed by atoms with Crippen molar-refractivity contribution in [1.82, 2.24) is 15.3 Å². The van der Waals surface area contributed by atoms with E-state index in [4.69, 9.17) is 0 Å². The van der Waals surface area contributed by atoms with E-state index in [2.05, 4.69) is 27.4 Å². The lowest BCUT2D eigenvalue weighted by molar-refractivity contribution is -0.123. The molecule has 0 bridgehead atoms. The fourth-order valence-electron chi connectivity index (χ4n) is 3.48. The molecule has 112 valence electrons. The van der Waals surface area contributed by atoms with E-state index >= 15 is 0 Å². The maximum Gasteiger partial charge on any atom is 0.224 e. The van der Waals surface area contributed by atoms with Crippen LogP contribution in [0.15, 0.2) is 42.9 Å². The van der Waals surface area contributed by atoms with Gasteiger partial charge >= 0.3 is 0 Å². The second-order valence-corrected chi connectivity index (χ2v) is 6.24. The molecule has 0 saturated heterocycles. The number of benzene rings is 1. The minimum atomic E-state index is 0.0782. The summed E-state index contributed by atoms with van der Waals surface area (Å²) < 4.78 is 0. The van der Waals surface area contributed by atoms with E-state index in [-0.39, 0.29) is 17.9 Å². The highest BCUT2D eigenvalue weighted by Gasteiger charge is 2.44. The van der Waals surface area contributed by atoms with Crippen LogP contribution in [0.3, 0.4) is 0 Å². The number of fused-ring (bicyclic) bond motifs is 1. The Hall–Kier alpha value is -2.23. The molecule has 1 fully saturated rings. The summed E-state index contributed by atoms with van der Waals surface area (Å²) in [7, 11) is 0. The monoisotopic (exact) mass is 293 g/mol. The van der Waals surface area contributed by atoms with Gasteiger partial charge in [-0.3, -0.25) is 4.79 Å². The van der Waals surface area contributed by atoms with Crippen molar-refractivity contribution in [2.45, 2.75) is 37.6 Å². The third-order valence-electron chi connectivity index (χ3n) is 4.78. The summed E-state index contributed by atoms with van der Waals surface area (Å²) in [5.41, 5.74) is 3.45. The minimum absolute atomic E-state index is 0.0782. The van der Waals surface area contributed by atoms with Crippen molar-refractivity contribution in [3.05, 3.63) is 59.7 Å². The van der Waals surface area contributed by atoms with Gasteiger partial charge in [0, 0.05) is 23.4 Å². The summed E-state index contributed by atoms with van der Waals surface area (Å²) >= 11 is 0. The van der Waals surface area contributed by atoms with Crippen LogP contribution in [0.25, 0.3) is 0 Å². The Balaban J connectivity index is 1.44. The van der Waals surface area contributed by atoms with Crippen molar-refractivity contribution in [2.24, 2.45) is 5.92 Å². The van der Waals surface area contributed by atoms with Gasteiger partial charge in [0.1, 0.15) is 6.33 Å². The third kappa shape index (κ3) is 2.49. The Labute approximate surface area is 130 Å². The highest BCUT2D eigenvalue weighted by molar-refractivity contribution is 5.83. The zero-order valence-corrected chi connectivity index (χ0v) is 12.4. The Morgan fingerprint density at radius 3 is 2.95 bits per heavy atom. The predicted octanol–water partition coefficient (Wildman–Crippen LogP) is 2.77. The topological polar surface area (TPSA) is 54.9 Å². The van der Waals surface area contributed by atoms with E-state index in [1.807, 2.05) is 24.4 Å². The molecule has 3 atom stereocenters. The van der Waals surface area contributed by atoms with Crippen LogP contribution in [-0.4, -0.2) is 15.9 Å². The first-order chi connectivity index (χ1) is 10.8. The Kier molecular flexibility index (Phi) is 3.37. The third-order valence-corrected chi connectivity index (χ3v) is 4.78. The van der Waals surface area contributed by atoms with Crippen molar-refractivity contribution in [3.8, 4) is 0 Å². The predicted molar refractivity (Wildman–Crippen MR) is 83.1 cm³/mol. The summed E-state index contributed by atoms with van der Waals surface area (Å²) in [6, 6.07) is 10.4. The molecule has 1 N–H and O–H groups in total. The first kappa shape index (κ1) is 13.4. The Morgan fingerprint density at radius 2 is 2.09 bits per heavy atom. The van der Waals surface area contributed by atoms with Crippen LogP contribution in [0.5, 0.6) is 0 Å². The summed E-state index contributed by atoms with van der Waals surface area (Å²) in [4.78, 5) is 21.0. The number of carbonyl (C=O) groups is 1. The molecule has 2 aromatic rings. The standard InChI is InChI=1S/C18H19N3O/c22-18(14-9-13(14)12-5-2-1-3-6-12)21-17-8-4-7-16-15(17)10-19-11-20-16/h1-3,5-6,10-11,13-14,17H,4,7-9H2,(H,21,22)/t13-,14-,17-/m1/s1. The lowest BCUT2D eigenvalue weighted by Crippen LogP contribution is -2.32. The molecule has 0 spiro atoms. The number of hydrogen-bond donors (Lipinski definition) is 1. The maximum absolute atomic E-state index is 12.5. The largest absolute Gasteiger partial charge is 0.349 e. The number of aryl methyl sites for hydroxylation is 1. The maximum atomic E-state index is 12.5. The first-order valence-corrected chi connectivity index (χ1v) is 7.97. The quantitative estimate of drug-likeness (QED) is 0.946. The van der Waals surface area contributed by atoms with Gasteiger partial charge in [0.25, 0.3) is 0 Å². The Bertz CT molecular complexity index is 686. The number of nitrogens with zero attached hydrogens (tertiary/aromatic N) is 2. The summed E-state index contributed by atoms with van der Waals surface area (Å²) in [6.07, 6.45) is 7.45. The molecule has 1 aromatic heterocycles. The van der Waals surface area contributed by atoms with E-state index in [1.165, 1.54) is 5.56 Å². The molecule has 0 aliphatic heterocycles. The highest BCUT2D eigenvalue weighted by atomic mass is 16.2. The van der Waals surface area contributed by atoms with Crippen molar-refractivity contribution >= 4 is 5.91 Å². The van der Waals surface area contributed by atoms with Gasteiger partial charge in [0.15, 0.2) is 0 Å². The van der Waals surface area contributed by atoms with E-state index in [0.29, 0.717) is 5.92 Å². The molecular weight excluding hydrogens is 274 g/mol. The van der Waals surface area contributed by atoms with Crippen molar-refractivity contribution in [2.75, 3.05) is 0 Å². The van der Waals surface area contributed by atoms with Crippen LogP contribution in [0.2, 0.25) is 0 Å². The van der Waals surface area contributed by atoms with Crippen LogP contribution in [0.1, 0.15) is 48.0 Å². The number of hydrogen-bond acceptors (Lipinski definition) is 3. The molecular formula is C18H19N3O. The SMILES string of the molecule is O=C(N[C@@H]1CCCc2ncncc21)[C@@H]1C[C@@H]1c1ccccc1. The van der Waals surface area contributed by atoms with Gasteiger partial charge in [0.2, 0.25) is 5.91 Å². The second kappa shape index (κ2) is 5.52. The van der Waals surface area contributed by atoms with Crippen molar-refractivity contribution < 1.29 is 4.79 Å². The van der Waals surface area contributed by atoms with Gasteiger partial charge < -0.3 is 5.32 Å². The molecule has 4 nitrogen and oxygen atoms in total. The van der Waals surface area contributed by atoms with E-state index in [0.717, 1.165) is 36.9 Å². The average Bonchev–Trinajstić information content (AvgIpc) is 3.37. The van der Waals surface area contributed by atoms with Gasteiger partial charge in [-0.1, -0.05) is 30.3 Å². The van der Waals surface area contributed by atoms with Gasteiger partial charge in [-0.05, 0) is 37.2 Å². The number of nitrogens with one attached hydrogen (secondary N) is 1. The molecule has 1 saturated carbocycles. The number of amides is 1. The van der Waals surface area contributed by atoms with Gasteiger partial charge in [-0.15, -0.1) is 0 Å². The number of carbonyl (C=O) groups excluding carboxylic acids is 1. The molecule has 22 heavy (non-hydrogen) atoms. The normalized spacial score (nSPS) is 26.1. The van der Waals surface area contributed by atoms with Crippen molar-refractivity contribution in [3.63, 3.8) is 0 Å². The average molecular weight is 293 g/mol. The number of aromatic nitrogens is 2. The van der Waals surface area contributed by atoms with Gasteiger partial charge in [-0.2, -0.15) is 0 Å². The van der Waals surface area contributed by atoms with Crippen molar-refractivity contribution in [1.29, 1.82) is 0 Å². The fraction of sp³-hybridized carbons (Fsp3) is 0.389. The molecule has 1 heterocycles. The first-order valence-electron chi connectivity index (χ1n) is 7.97. The zero-order chi connectivity index (χ0) is 14.9. The van der Waals surface area contributed by atoms with E-state index in [1.54, 1.807) is 6.33 Å². The molecule has 0 radical (unpaired) electrons. The molecule has 0 unspecified atom stereocenters. The van der Waals surface area contributed by atoms with E-state index in [9.17, 15) is 4.79 Å². The zero-order valence-electron chi connectivity index (χ0n) is 12.4. The van der Waals surface area contributed by atoms with Crippen LogP contribution < -0.4 is 5.32 Å². The lowest BCUT2D eigenvalue weighted by atomic mass is 9.92. The van der Waals surface area contributed by atoms with Gasteiger partial charge in [0.05, 0.1) is 6.04 Å². The highest BCUT2D eigenvalue weighted by Crippen LogP contribution is 2.47. The molecule has 4 heteroatoms.